The van der Waals surface area contributed by atoms with Crippen LogP contribution in [0.3, 0.4) is 0 Å². The van der Waals surface area contributed by atoms with Gasteiger partial charge in [0.15, 0.2) is 9.84 Å². The number of nitrogens with two attached hydrogens (primary N) is 1. The van der Waals surface area contributed by atoms with Gasteiger partial charge in [-0.25, -0.2) is 22.6 Å². The van der Waals surface area contributed by atoms with Crippen molar-refractivity contribution in [3.8, 4) is 5.88 Å². The summed E-state index contributed by atoms with van der Waals surface area (Å²) in [5.41, 5.74) is 0.757. The van der Waals surface area contributed by atoms with Gasteiger partial charge in [-0.3, -0.25) is 5.14 Å². The Bertz CT molecular complexity index is 1060. The second-order valence-corrected chi connectivity index (χ2v) is 11.8. The van der Waals surface area contributed by atoms with Crippen LogP contribution in [0.25, 0.3) is 16.8 Å². The molecule has 1 unspecified atom stereocenters. The van der Waals surface area contributed by atoms with Crippen LogP contribution >= 0.6 is 11.6 Å². The van der Waals surface area contributed by atoms with Crippen molar-refractivity contribution < 1.29 is 17.4 Å². The van der Waals surface area contributed by atoms with E-state index in [1.165, 1.54) is 6.26 Å². The van der Waals surface area contributed by atoms with Crippen molar-refractivity contribution in [2.45, 2.75) is 42.8 Å². The molecule has 2 aromatic heterocycles. The number of aromatic nitrogens is 2. The summed E-state index contributed by atoms with van der Waals surface area (Å²) in [4.78, 5) is 8.49. The highest BCUT2D eigenvalue weighted by Gasteiger charge is 2.38. The van der Waals surface area contributed by atoms with Gasteiger partial charge in [0.1, 0.15) is 11.3 Å². The summed E-state index contributed by atoms with van der Waals surface area (Å²) in [5, 5.41) is 6.93. The quantitative estimate of drug-likeness (QED) is 0.686. The molecule has 0 aliphatic heterocycles. The number of rotatable bonds is 6. The number of ether oxygens (including phenoxy) is 1. The van der Waals surface area contributed by atoms with Gasteiger partial charge in [0.05, 0.1) is 26.4 Å². The van der Waals surface area contributed by atoms with Gasteiger partial charge in [-0.2, -0.15) is 0 Å². The smallest absolute Gasteiger partial charge is 0.223 e. The third-order valence-electron chi connectivity index (χ3n) is 4.85. The van der Waals surface area contributed by atoms with E-state index in [1.54, 1.807) is 44.5 Å². The topological polar surface area (TPSA) is 112 Å². The highest BCUT2D eigenvalue weighted by Crippen LogP contribution is 2.34. The van der Waals surface area contributed by atoms with Crippen LogP contribution in [0.15, 0.2) is 24.5 Å². The maximum atomic E-state index is 11.6. The van der Waals surface area contributed by atoms with Crippen molar-refractivity contribution in [2.75, 3.05) is 6.26 Å². The summed E-state index contributed by atoms with van der Waals surface area (Å²) in [5.74, 6) is 0.384. The number of fused-ring (bicyclic) bond motifs is 1. The number of sulfone groups is 1. The third-order valence-corrected chi connectivity index (χ3v) is 7.83. The molecule has 2 aromatic rings. The summed E-state index contributed by atoms with van der Waals surface area (Å²) in [6.45, 7) is 3.55. The van der Waals surface area contributed by atoms with Crippen molar-refractivity contribution in [1.82, 2.24) is 9.97 Å². The summed E-state index contributed by atoms with van der Waals surface area (Å²) < 4.78 is 40.0. The van der Waals surface area contributed by atoms with Gasteiger partial charge < -0.3 is 4.74 Å². The lowest BCUT2D eigenvalue weighted by atomic mass is 9.95. The van der Waals surface area contributed by atoms with Crippen LogP contribution in [-0.2, 0) is 20.8 Å². The van der Waals surface area contributed by atoms with E-state index in [4.69, 9.17) is 21.5 Å². The maximum Gasteiger partial charge on any atom is 0.223 e. The molecule has 0 aromatic carbocycles. The van der Waals surface area contributed by atoms with E-state index < -0.39 is 25.6 Å². The zero-order valence-electron chi connectivity index (χ0n) is 15.8. The van der Waals surface area contributed by atoms with Crippen molar-refractivity contribution in [1.29, 1.82) is 0 Å². The molecule has 28 heavy (non-hydrogen) atoms. The standard InChI is InChI=1S/C18H22ClN3O4S2/c1-18(2,27(20)23)5-4-11-9-22-17(15-10-21-16(19)8-14(11)15)26-12-6-13(7-12)28(3,24)25/h4-5,8-10,12-13H,6-7,20H2,1-3H3/b5-4+. The largest absolute Gasteiger partial charge is 0.474 e. The Labute approximate surface area is 171 Å². The molecule has 10 heteroatoms. The lowest BCUT2D eigenvalue weighted by Crippen LogP contribution is -2.42. The van der Waals surface area contributed by atoms with Gasteiger partial charge in [0.2, 0.25) is 5.88 Å². The summed E-state index contributed by atoms with van der Waals surface area (Å²) >= 11 is 6.07. The molecule has 2 heterocycles. The molecule has 0 saturated heterocycles. The predicted molar refractivity (Wildman–Crippen MR) is 112 cm³/mol. The Morgan fingerprint density at radius 3 is 2.57 bits per heavy atom. The monoisotopic (exact) mass is 443 g/mol. The Morgan fingerprint density at radius 1 is 1.29 bits per heavy atom. The fraction of sp³-hybridized carbons (Fsp3) is 0.444. The molecule has 3 rings (SSSR count). The molecule has 0 bridgehead atoms. The normalized spacial score (nSPS) is 21.6. The van der Waals surface area contributed by atoms with Crippen LogP contribution in [0.5, 0.6) is 5.88 Å². The first kappa shape index (κ1) is 21.2. The van der Waals surface area contributed by atoms with Gasteiger partial charge in [-0.1, -0.05) is 23.8 Å². The fourth-order valence-electron chi connectivity index (χ4n) is 2.81. The second kappa shape index (κ2) is 7.70. The molecule has 0 spiro atoms. The maximum absolute atomic E-state index is 11.6. The Morgan fingerprint density at radius 2 is 1.96 bits per heavy atom. The molecule has 1 saturated carbocycles. The first-order valence-electron chi connectivity index (χ1n) is 8.62. The highest BCUT2D eigenvalue weighted by atomic mass is 35.5. The van der Waals surface area contributed by atoms with Crippen LogP contribution in [-0.4, -0.2) is 45.0 Å². The van der Waals surface area contributed by atoms with Gasteiger partial charge in [0, 0.05) is 42.4 Å². The van der Waals surface area contributed by atoms with E-state index in [0.717, 1.165) is 10.9 Å². The van der Waals surface area contributed by atoms with Crippen LogP contribution in [0.1, 0.15) is 32.3 Å². The molecule has 1 aliphatic rings. The van der Waals surface area contributed by atoms with Crippen molar-refractivity contribution in [3.05, 3.63) is 35.3 Å². The average molecular weight is 444 g/mol. The van der Waals surface area contributed by atoms with Crippen molar-refractivity contribution >= 4 is 49.3 Å². The molecule has 1 aliphatic carbocycles. The van der Waals surface area contributed by atoms with Crippen molar-refractivity contribution in [2.24, 2.45) is 5.14 Å². The molecular formula is C18H22ClN3O4S2. The zero-order chi connectivity index (χ0) is 20.7. The Balaban J connectivity index is 1.91. The van der Waals surface area contributed by atoms with E-state index in [2.05, 4.69) is 9.97 Å². The van der Waals surface area contributed by atoms with Gasteiger partial charge in [0.25, 0.3) is 0 Å². The molecule has 152 valence electrons. The second-order valence-electron chi connectivity index (χ2n) is 7.47. The summed E-state index contributed by atoms with van der Waals surface area (Å²) in [7, 11) is -4.57. The van der Waals surface area contributed by atoms with Gasteiger partial charge in [-0.05, 0) is 19.9 Å². The SMILES string of the molecule is CC(C)(/C=C/c1cnc(OC2CC(S(C)(=O)=O)C2)c2cnc(Cl)cc12)S(N)=O. The predicted octanol–water partition coefficient (Wildman–Crippen LogP) is 2.65. The average Bonchev–Trinajstić information content (AvgIpc) is 2.54. The lowest BCUT2D eigenvalue weighted by Gasteiger charge is -2.33. The summed E-state index contributed by atoms with van der Waals surface area (Å²) in [6.07, 6.45) is 8.70. The number of nitrogens with zero attached hydrogens (tertiary/aromatic N) is 2. The minimum atomic E-state index is -3.05. The number of hydrogen-bond donors (Lipinski definition) is 1. The van der Waals surface area contributed by atoms with Crippen LogP contribution in [0.2, 0.25) is 5.15 Å². The van der Waals surface area contributed by atoms with Crippen LogP contribution in [0, 0.1) is 0 Å². The first-order chi connectivity index (χ1) is 13.0. The minimum absolute atomic E-state index is 0.203. The molecule has 1 fully saturated rings. The van der Waals surface area contributed by atoms with E-state index >= 15 is 0 Å². The third kappa shape index (κ3) is 4.53. The Hall–Kier alpha value is -1.55. The number of pyridine rings is 2. The van der Waals surface area contributed by atoms with Crippen molar-refractivity contribution in [3.63, 3.8) is 0 Å². The minimum Gasteiger partial charge on any atom is -0.474 e. The van der Waals surface area contributed by atoms with E-state index in [0.29, 0.717) is 29.3 Å². The molecular weight excluding hydrogens is 422 g/mol. The molecule has 1 atom stereocenters. The zero-order valence-corrected chi connectivity index (χ0v) is 18.1. The van der Waals surface area contributed by atoms with Gasteiger partial charge in [-0.15, -0.1) is 0 Å². The molecule has 7 nitrogen and oxygen atoms in total. The lowest BCUT2D eigenvalue weighted by molar-refractivity contribution is 0.119. The number of hydrogen-bond acceptors (Lipinski definition) is 6. The van der Waals surface area contributed by atoms with E-state index in [9.17, 15) is 12.6 Å². The number of halogens is 1. The molecule has 0 amide bonds. The first-order valence-corrected chi connectivity index (χ1v) is 12.2. The van der Waals surface area contributed by atoms with E-state index in [1.807, 2.05) is 0 Å². The van der Waals surface area contributed by atoms with Gasteiger partial charge >= 0.3 is 0 Å². The fourth-order valence-corrected chi connectivity index (χ4v) is 4.30. The molecule has 0 radical (unpaired) electrons. The summed E-state index contributed by atoms with van der Waals surface area (Å²) in [6, 6.07) is 1.71. The van der Waals surface area contributed by atoms with Crippen LogP contribution < -0.4 is 9.88 Å². The molecule has 2 N–H and O–H groups in total. The Kier molecular flexibility index (Phi) is 5.82. The van der Waals surface area contributed by atoms with E-state index in [-0.39, 0.29) is 11.4 Å². The van der Waals surface area contributed by atoms with Crippen LogP contribution in [0.4, 0.5) is 0 Å². The highest BCUT2D eigenvalue weighted by molar-refractivity contribution is 7.91.